The summed E-state index contributed by atoms with van der Waals surface area (Å²) in [6, 6.07) is 15.4. The number of phenols is 1. The number of benzene rings is 2. The highest BCUT2D eigenvalue weighted by molar-refractivity contribution is 5.81. The Morgan fingerprint density at radius 1 is 1.00 bits per heavy atom. The van der Waals surface area contributed by atoms with Gasteiger partial charge in [0.2, 0.25) is 0 Å². The molecule has 0 aliphatic heterocycles. The summed E-state index contributed by atoms with van der Waals surface area (Å²) in [5, 5.41) is 9.19. The van der Waals surface area contributed by atoms with E-state index in [1.54, 1.807) is 24.3 Å². The van der Waals surface area contributed by atoms with Gasteiger partial charge in [0.05, 0.1) is 5.69 Å². The van der Waals surface area contributed by atoms with Crippen LogP contribution < -0.4 is 0 Å². The van der Waals surface area contributed by atoms with E-state index >= 15 is 0 Å². The summed E-state index contributed by atoms with van der Waals surface area (Å²) in [4.78, 5) is 4.37. The van der Waals surface area contributed by atoms with Crippen molar-refractivity contribution in [3.05, 3.63) is 59.7 Å². The normalized spacial score (nSPS) is 11.0. The first-order valence-corrected chi connectivity index (χ1v) is 6.70. The maximum absolute atomic E-state index is 9.19. The van der Waals surface area contributed by atoms with E-state index < -0.39 is 0 Å². The second kappa shape index (κ2) is 6.74. The van der Waals surface area contributed by atoms with Crippen molar-refractivity contribution in [2.45, 2.75) is 26.2 Å². The summed E-state index contributed by atoms with van der Waals surface area (Å²) in [6.45, 7) is 2.21. The van der Waals surface area contributed by atoms with Crippen LogP contribution in [0, 0.1) is 0 Å². The van der Waals surface area contributed by atoms with Gasteiger partial charge in [-0.25, -0.2) is 0 Å². The lowest BCUT2D eigenvalue weighted by molar-refractivity contribution is 0.475. The number of nitrogens with zero attached hydrogens (tertiary/aromatic N) is 1. The van der Waals surface area contributed by atoms with Gasteiger partial charge in [0.1, 0.15) is 5.75 Å². The topological polar surface area (TPSA) is 32.6 Å². The summed E-state index contributed by atoms with van der Waals surface area (Å²) < 4.78 is 0. The smallest absolute Gasteiger partial charge is 0.115 e. The molecule has 0 aliphatic rings. The molecule has 1 N–H and O–H groups in total. The zero-order valence-electron chi connectivity index (χ0n) is 11.2. The molecular weight excluding hydrogens is 234 g/mol. The highest BCUT2D eigenvalue weighted by Crippen LogP contribution is 2.16. The van der Waals surface area contributed by atoms with Crippen LogP contribution in [-0.2, 0) is 6.42 Å². The van der Waals surface area contributed by atoms with E-state index in [9.17, 15) is 5.11 Å². The Morgan fingerprint density at radius 3 is 2.32 bits per heavy atom. The van der Waals surface area contributed by atoms with Crippen molar-refractivity contribution < 1.29 is 5.11 Å². The van der Waals surface area contributed by atoms with Crippen LogP contribution in [0.5, 0.6) is 5.75 Å². The minimum atomic E-state index is 0.263. The summed E-state index contributed by atoms with van der Waals surface area (Å²) in [6.07, 6.45) is 5.45. The van der Waals surface area contributed by atoms with Crippen LogP contribution in [0.2, 0.25) is 0 Å². The average Bonchev–Trinajstić information content (AvgIpc) is 2.46. The summed E-state index contributed by atoms with van der Waals surface area (Å²) in [5.74, 6) is 0.263. The Morgan fingerprint density at radius 2 is 1.68 bits per heavy atom. The molecule has 0 bridgehead atoms. The number of unbranched alkanes of at least 4 members (excludes halogenated alkanes) is 1. The van der Waals surface area contributed by atoms with Gasteiger partial charge < -0.3 is 5.11 Å². The van der Waals surface area contributed by atoms with Crippen molar-refractivity contribution in [1.82, 2.24) is 0 Å². The van der Waals surface area contributed by atoms with Crippen molar-refractivity contribution >= 4 is 11.9 Å². The molecule has 0 spiro atoms. The molecule has 2 heteroatoms. The van der Waals surface area contributed by atoms with Gasteiger partial charge in [-0.15, -0.1) is 0 Å². The molecule has 2 nitrogen and oxygen atoms in total. The quantitative estimate of drug-likeness (QED) is 0.783. The molecule has 2 aromatic rings. The van der Waals surface area contributed by atoms with Gasteiger partial charge in [-0.1, -0.05) is 37.6 Å². The molecule has 19 heavy (non-hydrogen) atoms. The molecule has 2 rings (SSSR count). The van der Waals surface area contributed by atoms with Gasteiger partial charge in [-0.05, 0) is 48.2 Å². The van der Waals surface area contributed by atoms with Crippen molar-refractivity contribution in [3.63, 3.8) is 0 Å². The molecule has 0 radical (unpaired) electrons. The number of aromatic hydroxyl groups is 1. The fraction of sp³-hybridized carbons (Fsp3) is 0.235. The van der Waals surface area contributed by atoms with E-state index in [0.717, 1.165) is 17.7 Å². The molecule has 0 atom stereocenters. The van der Waals surface area contributed by atoms with Crippen LogP contribution in [0.3, 0.4) is 0 Å². The van der Waals surface area contributed by atoms with Crippen molar-refractivity contribution in [1.29, 1.82) is 0 Å². The van der Waals surface area contributed by atoms with E-state index in [1.807, 2.05) is 6.21 Å². The first kappa shape index (κ1) is 13.3. The Hall–Kier alpha value is -2.09. The number of phenolic OH excluding ortho intramolecular Hbond substituents is 1. The zero-order valence-corrected chi connectivity index (χ0v) is 11.2. The number of aliphatic imine (C=N–C) groups is 1. The Labute approximate surface area is 114 Å². The summed E-state index contributed by atoms with van der Waals surface area (Å²) >= 11 is 0. The van der Waals surface area contributed by atoms with Crippen LogP contribution in [0.25, 0.3) is 0 Å². The van der Waals surface area contributed by atoms with E-state index in [1.165, 1.54) is 18.4 Å². The number of rotatable bonds is 5. The molecule has 98 valence electrons. The Bertz CT molecular complexity index is 526. The molecule has 0 saturated heterocycles. The third-order valence-electron chi connectivity index (χ3n) is 3.01. The predicted molar refractivity (Wildman–Crippen MR) is 80.4 cm³/mol. The van der Waals surface area contributed by atoms with Crippen LogP contribution in [0.1, 0.15) is 30.9 Å². The Balaban J connectivity index is 2.00. The van der Waals surface area contributed by atoms with Crippen LogP contribution in [0.15, 0.2) is 53.5 Å². The third-order valence-corrected chi connectivity index (χ3v) is 3.01. The van der Waals surface area contributed by atoms with E-state index in [2.05, 4.69) is 36.2 Å². The predicted octanol–water partition coefficient (Wildman–Crippen LogP) is 4.49. The van der Waals surface area contributed by atoms with Crippen LogP contribution in [0.4, 0.5) is 5.69 Å². The first-order chi connectivity index (χ1) is 9.28. The minimum Gasteiger partial charge on any atom is -0.508 e. The van der Waals surface area contributed by atoms with Gasteiger partial charge in [0.25, 0.3) is 0 Å². The standard InChI is InChI=1S/C17H19NO/c1-2-3-4-14-5-7-15(8-6-14)13-18-16-9-11-17(19)12-10-16/h5-13,19H,2-4H2,1H3. The van der Waals surface area contributed by atoms with E-state index in [4.69, 9.17) is 0 Å². The molecule has 2 aromatic carbocycles. The third kappa shape index (κ3) is 4.25. The molecule has 0 amide bonds. The molecule has 0 unspecified atom stereocenters. The van der Waals surface area contributed by atoms with Gasteiger partial charge >= 0.3 is 0 Å². The van der Waals surface area contributed by atoms with Crippen LogP contribution >= 0.6 is 0 Å². The molecule has 0 saturated carbocycles. The minimum absolute atomic E-state index is 0.263. The highest BCUT2D eigenvalue weighted by atomic mass is 16.3. The maximum Gasteiger partial charge on any atom is 0.115 e. The van der Waals surface area contributed by atoms with Crippen molar-refractivity contribution in [2.75, 3.05) is 0 Å². The molecule has 0 fully saturated rings. The summed E-state index contributed by atoms with van der Waals surface area (Å²) in [5.41, 5.74) is 3.31. The average molecular weight is 253 g/mol. The fourth-order valence-electron chi connectivity index (χ4n) is 1.84. The molecular formula is C17H19NO. The summed E-state index contributed by atoms with van der Waals surface area (Å²) in [7, 11) is 0. The Kier molecular flexibility index (Phi) is 4.73. The first-order valence-electron chi connectivity index (χ1n) is 6.70. The van der Waals surface area contributed by atoms with Gasteiger partial charge in [0.15, 0.2) is 0 Å². The molecule has 0 aromatic heterocycles. The largest absolute Gasteiger partial charge is 0.508 e. The van der Waals surface area contributed by atoms with Gasteiger partial charge in [-0.3, -0.25) is 4.99 Å². The highest BCUT2D eigenvalue weighted by Gasteiger charge is 1.93. The number of hydrogen-bond donors (Lipinski definition) is 1. The number of hydrogen-bond acceptors (Lipinski definition) is 2. The van der Waals surface area contributed by atoms with Gasteiger partial charge in [-0.2, -0.15) is 0 Å². The second-order valence-corrected chi connectivity index (χ2v) is 4.62. The molecule has 0 heterocycles. The van der Waals surface area contributed by atoms with Crippen LogP contribution in [-0.4, -0.2) is 11.3 Å². The lowest BCUT2D eigenvalue weighted by atomic mass is 10.1. The second-order valence-electron chi connectivity index (χ2n) is 4.62. The van der Waals surface area contributed by atoms with Gasteiger partial charge in [0, 0.05) is 6.21 Å². The van der Waals surface area contributed by atoms with E-state index in [0.29, 0.717) is 0 Å². The lowest BCUT2D eigenvalue weighted by Crippen LogP contribution is -1.86. The fourth-order valence-corrected chi connectivity index (χ4v) is 1.84. The number of aryl methyl sites for hydroxylation is 1. The van der Waals surface area contributed by atoms with E-state index in [-0.39, 0.29) is 5.75 Å². The monoisotopic (exact) mass is 253 g/mol. The SMILES string of the molecule is CCCCc1ccc(C=Nc2ccc(O)cc2)cc1. The molecule has 0 aliphatic carbocycles. The lowest BCUT2D eigenvalue weighted by Gasteiger charge is -2.00. The maximum atomic E-state index is 9.19. The zero-order chi connectivity index (χ0) is 13.5. The van der Waals surface area contributed by atoms with Crippen molar-refractivity contribution in [3.8, 4) is 5.75 Å². The van der Waals surface area contributed by atoms with Crippen molar-refractivity contribution in [2.24, 2.45) is 4.99 Å².